The van der Waals surface area contributed by atoms with Crippen LogP contribution in [0.2, 0.25) is 0 Å². The highest BCUT2D eigenvalue weighted by Crippen LogP contribution is 2.49. The molecule has 0 spiro atoms. The van der Waals surface area contributed by atoms with E-state index >= 15 is 0 Å². The molecule has 0 nitrogen and oxygen atoms in total. The minimum atomic E-state index is 0.957. The lowest BCUT2D eigenvalue weighted by atomic mass is 10.1. The molecule has 1 unspecified atom stereocenters. The van der Waals surface area contributed by atoms with Crippen LogP contribution in [0.3, 0.4) is 0 Å². The third kappa shape index (κ3) is 1.57. The number of allylic oxidation sites excluding steroid dienone is 1. The molecule has 0 radical (unpaired) electrons. The molecule has 10 heavy (non-hydrogen) atoms. The van der Waals surface area contributed by atoms with Crippen molar-refractivity contribution in [3.63, 3.8) is 0 Å². The van der Waals surface area contributed by atoms with Crippen molar-refractivity contribution in [2.24, 2.45) is 0 Å². The highest BCUT2D eigenvalue weighted by molar-refractivity contribution is 8.11. The Bertz CT molecular complexity index is 149. The van der Waals surface area contributed by atoms with Crippen molar-refractivity contribution >= 4 is 11.8 Å². The van der Waals surface area contributed by atoms with Crippen LogP contribution in [0.25, 0.3) is 0 Å². The van der Waals surface area contributed by atoms with Gasteiger partial charge in [0, 0.05) is 5.25 Å². The molecule has 0 aromatic heterocycles. The lowest BCUT2D eigenvalue weighted by Gasteiger charge is -1.95. The zero-order valence-electron chi connectivity index (χ0n) is 6.31. The topological polar surface area (TPSA) is 0 Å². The molecule has 2 aliphatic rings. The van der Waals surface area contributed by atoms with Crippen LogP contribution in [-0.4, -0.2) is 5.25 Å². The van der Waals surface area contributed by atoms with Crippen LogP contribution >= 0.6 is 11.8 Å². The van der Waals surface area contributed by atoms with E-state index in [1.54, 1.807) is 4.91 Å². The number of thioether (sulfide) groups is 1. The van der Waals surface area contributed by atoms with Crippen LogP contribution in [0.1, 0.15) is 38.5 Å². The largest absolute Gasteiger partial charge is 0.121 e. The minimum absolute atomic E-state index is 0.957. The Labute approximate surface area is 67.1 Å². The van der Waals surface area contributed by atoms with Crippen LogP contribution < -0.4 is 0 Å². The van der Waals surface area contributed by atoms with E-state index in [4.69, 9.17) is 0 Å². The number of fused-ring (bicyclic) bond motifs is 1. The van der Waals surface area contributed by atoms with E-state index in [0.717, 1.165) is 5.25 Å². The Morgan fingerprint density at radius 1 is 1.20 bits per heavy atom. The first-order chi connectivity index (χ1) is 4.97. The fourth-order valence-electron chi connectivity index (χ4n) is 1.58. The van der Waals surface area contributed by atoms with E-state index in [1.807, 2.05) is 0 Å². The molecular weight excluding hydrogens is 140 g/mol. The zero-order chi connectivity index (χ0) is 6.81. The molecule has 1 fully saturated rings. The van der Waals surface area contributed by atoms with Gasteiger partial charge in [0.15, 0.2) is 0 Å². The second kappa shape index (κ2) is 3.00. The summed E-state index contributed by atoms with van der Waals surface area (Å²) < 4.78 is 0. The molecule has 0 saturated carbocycles. The Balaban J connectivity index is 1.90. The summed E-state index contributed by atoms with van der Waals surface area (Å²) in [5.74, 6) is 0. The van der Waals surface area contributed by atoms with Crippen LogP contribution in [0.4, 0.5) is 0 Å². The van der Waals surface area contributed by atoms with Gasteiger partial charge >= 0.3 is 0 Å². The van der Waals surface area contributed by atoms with Gasteiger partial charge in [-0.05, 0) is 24.2 Å². The Kier molecular flexibility index (Phi) is 2.03. The molecule has 1 heteroatoms. The Morgan fingerprint density at radius 3 is 3.10 bits per heavy atom. The summed E-state index contributed by atoms with van der Waals surface area (Å²) in [7, 11) is 0. The van der Waals surface area contributed by atoms with Crippen molar-refractivity contribution in [1.29, 1.82) is 0 Å². The summed E-state index contributed by atoms with van der Waals surface area (Å²) in [6, 6.07) is 0. The van der Waals surface area contributed by atoms with Gasteiger partial charge in [-0.3, -0.25) is 0 Å². The maximum atomic E-state index is 2.46. The van der Waals surface area contributed by atoms with E-state index in [9.17, 15) is 0 Å². The van der Waals surface area contributed by atoms with Crippen LogP contribution in [-0.2, 0) is 0 Å². The van der Waals surface area contributed by atoms with Crippen molar-refractivity contribution in [1.82, 2.24) is 0 Å². The maximum Gasteiger partial charge on any atom is 0.0398 e. The van der Waals surface area contributed by atoms with Gasteiger partial charge in [0.25, 0.3) is 0 Å². The molecule has 1 aliphatic heterocycles. The van der Waals surface area contributed by atoms with E-state index in [2.05, 4.69) is 17.8 Å². The van der Waals surface area contributed by atoms with Gasteiger partial charge in [0.05, 0.1) is 0 Å². The predicted octanol–water partition coefficient (Wildman–Crippen LogP) is 3.34. The van der Waals surface area contributed by atoms with Gasteiger partial charge in [-0.15, -0.1) is 11.8 Å². The fourth-order valence-corrected chi connectivity index (χ4v) is 2.56. The summed E-state index contributed by atoms with van der Waals surface area (Å²) in [5.41, 5.74) is 0. The first kappa shape index (κ1) is 6.78. The van der Waals surface area contributed by atoms with Gasteiger partial charge in [-0.2, -0.15) is 0 Å². The highest BCUT2D eigenvalue weighted by atomic mass is 32.2. The van der Waals surface area contributed by atoms with Crippen LogP contribution in [0.15, 0.2) is 11.0 Å². The Hall–Kier alpha value is 0.0900. The normalized spacial score (nSPS) is 38.0. The Morgan fingerprint density at radius 2 is 2.10 bits per heavy atom. The minimum Gasteiger partial charge on any atom is -0.121 e. The molecular formula is C9H14S. The smallest absolute Gasteiger partial charge is 0.0398 e. The summed E-state index contributed by atoms with van der Waals surface area (Å²) in [6.45, 7) is 0. The molecule has 0 bridgehead atoms. The summed E-state index contributed by atoms with van der Waals surface area (Å²) in [6.07, 6.45) is 11.1. The molecule has 2 rings (SSSR count). The van der Waals surface area contributed by atoms with Crippen LogP contribution in [0, 0.1) is 0 Å². The molecule has 1 atom stereocenters. The molecule has 0 amide bonds. The number of hydrogen-bond acceptors (Lipinski definition) is 1. The molecule has 0 aromatic rings. The van der Waals surface area contributed by atoms with E-state index in [-0.39, 0.29) is 0 Å². The van der Waals surface area contributed by atoms with Gasteiger partial charge in [-0.25, -0.2) is 0 Å². The third-order valence-corrected chi connectivity index (χ3v) is 3.55. The fraction of sp³-hybridized carbons (Fsp3) is 0.778. The first-order valence-electron chi connectivity index (χ1n) is 4.33. The van der Waals surface area contributed by atoms with Gasteiger partial charge < -0.3 is 0 Å². The highest BCUT2D eigenvalue weighted by Gasteiger charge is 2.29. The SMILES string of the molecule is C1=C2/SC2CCCCCC/1. The van der Waals surface area contributed by atoms with Crippen molar-refractivity contribution in [2.75, 3.05) is 0 Å². The average Bonchev–Trinajstić information content (AvgIpc) is 2.66. The van der Waals surface area contributed by atoms with E-state index in [0.29, 0.717) is 0 Å². The third-order valence-electron chi connectivity index (χ3n) is 2.30. The van der Waals surface area contributed by atoms with E-state index < -0.39 is 0 Å². The zero-order valence-corrected chi connectivity index (χ0v) is 7.12. The second-order valence-electron chi connectivity index (χ2n) is 3.20. The van der Waals surface area contributed by atoms with Gasteiger partial charge in [0.2, 0.25) is 0 Å². The monoisotopic (exact) mass is 154 g/mol. The van der Waals surface area contributed by atoms with Crippen molar-refractivity contribution in [3.05, 3.63) is 11.0 Å². The average molecular weight is 154 g/mol. The van der Waals surface area contributed by atoms with Crippen LogP contribution in [0.5, 0.6) is 0 Å². The maximum absolute atomic E-state index is 2.46. The molecule has 1 aliphatic carbocycles. The summed E-state index contributed by atoms with van der Waals surface area (Å²) >= 11 is 2.10. The standard InChI is InChI=1S/C9H14S/c1-2-4-6-8-9(10-8)7-5-3-1/h6,9H,1-5,7H2/b8-6+. The van der Waals surface area contributed by atoms with Crippen molar-refractivity contribution < 1.29 is 0 Å². The molecule has 1 heterocycles. The summed E-state index contributed by atoms with van der Waals surface area (Å²) in [5, 5.41) is 0.957. The van der Waals surface area contributed by atoms with E-state index in [1.165, 1.54) is 38.5 Å². The quantitative estimate of drug-likeness (QED) is 0.482. The van der Waals surface area contributed by atoms with Gasteiger partial charge in [0.1, 0.15) is 0 Å². The lowest BCUT2D eigenvalue weighted by Crippen LogP contribution is -1.81. The van der Waals surface area contributed by atoms with Crippen molar-refractivity contribution in [3.8, 4) is 0 Å². The molecule has 0 N–H and O–H groups in total. The number of hydrogen-bond donors (Lipinski definition) is 0. The second-order valence-corrected chi connectivity index (χ2v) is 4.48. The molecule has 0 aromatic carbocycles. The number of rotatable bonds is 0. The molecule has 56 valence electrons. The molecule has 1 saturated heterocycles. The predicted molar refractivity (Wildman–Crippen MR) is 47.2 cm³/mol. The van der Waals surface area contributed by atoms with Crippen molar-refractivity contribution in [2.45, 2.75) is 43.8 Å². The van der Waals surface area contributed by atoms with Gasteiger partial charge in [-0.1, -0.05) is 25.3 Å². The summed E-state index contributed by atoms with van der Waals surface area (Å²) in [4.78, 5) is 1.70. The first-order valence-corrected chi connectivity index (χ1v) is 5.21. The lowest BCUT2D eigenvalue weighted by molar-refractivity contribution is 0.638.